The van der Waals surface area contributed by atoms with Gasteiger partial charge in [0.1, 0.15) is 26.0 Å². The van der Waals surface area contributed by atoms with Crippen LogP contribution in [-0.2, 0) is 42.2 Å². The van der Waals surface area contributed by atoms with Crippen molar-refractivity contribution < 1.29 is 41.7 Å². The first kappa shape index (κ1) is 34.9. The van der Waals surface area contributed by atoms with Gasteiger partial charge in [-0.3, -0.25) is 14.9 Å². The molecular formula is C30H32N8O9S2. The average molecular weight is 713 g/mol. The zero-order valence-corrected chi connectivity index (χ0v) is 28.2. The van der Waals surface area contributed by atoms with Crippen LogP contribution in [0, 0.1) is 0 Å². The molecule has 258 valence electrons. The van der Waals surface area contributed by atoms with Crippen molar-refractivity contribution in [3.8, 4) is 11.5 Å². The van der Waals surface area contributed by atoms with Crippen molar-refractivity contribution >= 4 is 66.5 Å². The molecule has 0 saturated carbocycles. The highest BCUT2D eigenvalue weighted by Crippen LogP contribution is 2.28. The average Bonchev–Trinajstić information content (AvgIpc) is 3.72. The van der Waals surface area contributed by atoms with E-state index in [0.29, 0.717) is 27.3 Å². The number of rotatable bonds is 15. The molecule has 0 saturated heterocycles. The molecule has 0 bridgehead atoms. The number of hydrogen-bond donors (Lipinski definition) is 2. The molecule has 2 aromatic carbocycles. The summed E-state index contributed by atoms with van der Waals surface area (Å²) in [6.45, 7) is 0.566. The number of carbonyl (C=O) groups is 3. The Kier molecular flexibility index (Phi) is 11.2. The molecule has 5 aromatic rings. The number of imidazole rings is 1. The second-order valence-electron chi connectivity index (χ2n) is 10.1. The number of nitrogens with one attached hydrogen (secondary N) is 2. The van der Waals surface area contributed by atoms with E-state index < -0.39 is 34.5 Å². The first-order chi connectivity index (χ1) is 23.6. The maximum absolute atomic E-state index is 13.4. The number of methoxy groups -OCH3 is 2. The van der Waals surface area contributed by atoms with Crippen molar-refractivity contribution in [1.29, 1.82) is 0 Å². The minimum atomic E-state index is -3.99. The number of carbonyl (C=O) groups excluding carboxylic acids is 3. The number of para-hydroxylation sites is 1. The van der Waals surface area contributed by atoms with Crippen LogP contribution < -0.4 is 19.5 Å². The van der Waals surface area contributed by atoms with Gasteiger partial charge in [-0.05, 0) is 36.8 Å². The molecule has 17 nitrogen and oxygen atoms in total. The molecule has 0 atom stereocenters. The topological polar surface area (TPSA) is 206 Å². The van der Waals surface area contributed by atoms with E-state index in [0.717, 1.165) is 16.2 Å². The molecule has 5 rings (SSSR count). The van der Waals surface area contributed by atoms with Crippen molar-refractivity contribution in [2.45, 2.75) is 24.4 Å². The normalized spacial score (nSPS) is 11.3. The number of benzene rings is 2. The van der Waals surface area contributed by atoms with E-state index in [4.69, 9.17) is 18.9 Å². The summed E-state index contributed by atoms with van der Waals surface area (Å²) in [4.78, 5) is 56.3. The van der Waals surface area contributed by atoms with Crippen LogP contribution in [0.3, 0.4) is 0 Å². The predicted octanol–water partition coefficient (Wildman–Crippen LogP) is 2.57. The van der Waals surface area contributed by atoms with E-state index in [2.05, 4.69) is 30.0 Å². The van der Waals surface area contributed by atoms with Gasteiger partial charge in [-0.1, -0.05) is 18.2 Å². The Morgan fingerprint density at radius 2 is 1.80 bits per heavy atom. The van der Waals surface area contributed by atoms with Gasteiger partial charge in [-0.25, -0.2) is 37.9 Å². The van der Waals surface area contributed by atoms with Crippen molar-refractivity contribution in [3.63, 3.8) is 0 Å². The second kappa shape index (κ2) is 15.7. The summed E-state index contributed by atoms with van der Waals surface area (Å²) in [6, 6.07) is 12.1. The molecule has 2 N–H and O–H groups in total. The van der Waals surface area contributed by atoms with E-state index in [-0.39, 0.29) is 54.2 Å². The lowest BCUT2D eigenvalue weighted by Gasteiger charge is -2.22. The van der Waals surface area contributed by atoms with Gasteiger partial charge in [0, 0.05) is 13.1 Å². The van der Waals surface area contributed by atoms with Gasteiger partial charge in [-0.15, -0.1) is 11.3 Å². The number of amides is 2. The van der Waals surface area contributed by atoms with Crippen LogP contribution in [0.15, 0.2) is 59.5 Å². The van der Waals surface area contributed by atoms with E-state index in [1.54, 1.807) is 49.4 Å². The summed E-state index contributed by atoms with van der Waals surface area (Å²) < 4.78 is 51.1. The van der Waals surface area contributed by atoms with E-state index in [1.165, 1.54) is 31.4 Å². The number of thiazole rings is 1. The third-order valence-corrected chi connectivity index (χ3v) is 9.78. The fraction of sp³-hybridized carbons (Fsp3) is 0.300. The van der Waals surface area contributed by atoms with Gasteiger partial charge in [-0.2, -0.15) is 0 Å². The Labute approximate surface area is 284 Å². The molecule has 2 amide bonds. The SMILES string of the molecule is CCOC(=O)CN(CCNS(=O)(=O)c1nc2ccccc2s1)C(=O)Cn1cnc2c(NC(=O)OCc3ccc(OC)c(OC)c3)ncnc21. The van der Waals surface area contributed by atoms with Crippen LogP contribution in [0.1, 0.15) is 12.5 Å². The van der Waals surface area contributed by atoms with Crippen molar-refractivity contribution in [2.24, 2.45) is 0 Å². The predicted molar refractivity (Wildman–Crippen MR) is 177 cm³/mol. The lowest BCUT2D eigenvalue weighted by Crippen LogP contribution is -2.43. The molecule has 0 aliphatic carbocycles. The third-order valence-electron chi connectivity index (χ3n) is 6.90. The fourth-order valence-corrected chi connectivity index (χ4v) is 6.87. The van der Waals surface area contributed by atoms with Gasteiger partial charge in [0.05, 0.1) is 37.4 Å². The summed E-state index contributed by atoms with van der Waals surface area (Å²) in [5.41, 5.74) is 1.60. The molecule has 0 aliphatic heterocycles. The van der Waals surface area contributed by atoms with Gasteiger partial charge >= 0.3 is 12.1 Å². The van der Waals surface area contributed by atoms with E-state index >= 15 is 0 Å². The molecule has 19 heteroatoms. The van der Waals surface area contributed by atoms with Crippen molar-refractivity contribution in [3.05, 3.63) is 60.7 Å². The Bertz CT molecular complexity index is 2050. The summed E-state index contributed by atoms with van der Waals surface area (Å²) in [6.07, 6.45) is 1.70. The second-order valence-corrected chi connectivity index (χ2v) is 13.1. The van der Waals surface area contributed by atoms with Crippen molar-refractivity contribution in [2.75, 3.05) is 45.8 Å². The molecular weight excluding hydrogens is 681 g/mol. The summed E-state index contributed by atoms with van der Waals surface area (Å²) in [5.74, 6) is -0.161. The van der Waals surface area contributed by atoms with E-state index in [9.17, 15) is 22.8 Å². The van der Waals surface area contributed by atoms with Crippen LogP contribution in [0.5, 0.6) is 11.5 Å². The van der Waals surface area contributed by atoms with Gasteiger partial charge < -0.3 is 28.4 Å². The molecule has 0 aliphatic rings. The van der Waals surface area contributed by atoms with Crippen LogP contribution in [0.25, 0.3) is 21.4 Å². The lowest BCUT2D eigenvalue weighted by atomic mass is 10.2. The number of anilines is 1. The van der Waals surface area contributed by atoms with Crippen LogP contribution in [0.2, 0.25) is 0 Å². The smallest absolute Gasteiger partial charge is 0.413 e. The summed E-state index contributed by atoms with van der Waals surface area (Å²) in [7, 11) is -0.975. The molecule has 0 radical (unpaired) electrons. The Morgan fingerprint density at radius 3 is 2.55 bits per heavy atom. The first-order valence-electron chi connectivity index (χ1n) is 14.7. The number of ether oxygens (including phenoxy) is 4. The number of sulfonamides is 1. The first-order valence-corrected chi connectivity index (χ1v) is 17.0. The monoisotopic (exact) mass is 712 g/mol. The highest BCUT2D eigenvalue weighted by atomic mass is 32.2. The third kappa shape index (κ3) is 8.55. The zero-order valence-electron chi connectivity index (χ0n) is 26.6. The molecule has 0 unspecified atom stereocenters. The lowest BCUT2D eigenvalue weighted by molar-refractivity contribution is -0.149. The largest absolute Gasteiger partial charge is 0.493 e. The fourth-order valence-electron chi connectivity index (χ4n) is 4.58. The Balaban J connectivity index is 1.23. The quantitative estimate of drug-likeness (QED) is 0.150. The maximum atomic E-state index is 13.4. The van der Waals surface area contributed by atoms with Gasteiger partial charge in [0.25, 0.3) is 10.0 Å². The minimum absolute atomic E-state index is 0.0427. The number of hydrogen-bond acceptors (Lipinski definition) is 14. The molecule has 3 aromatic heterocycles. The minimum Gasteiger partial charge on any atom is -0.493 e. The summed E-state index contributed by atoms with van der Waals surface area (Å²) >= 11 is 1.02. The highest BCUT2D eigenvalue weighted by Gasteiger charge is 2.23. The summed E-state index contributed by atoms with van der Waals surface area (Å²) in [5, 5.41) is 2.53. The standard InChI is InChI=1S/C30H32N8O9S2/c1-4-46-25(40)15-37(12-11-34-49(42,43)30-35-20-7-5-6-8-23(20)48-30)24(39)14-38-18-33-26-27(31-17-32-28(26)38)36-29(41)47-16-19-9-10-21(44-2)22(13-19)45-3/h5-10,13,17-18,34H,4,11-12,14-16H2,1-3H3,(H,31,32,36,41). The molecule has 49 heavy (non-hydrogen) atoms. The van der Waals surface area contributed by atoms with Crippen LogP contribution in [-0.4, -0.2) is 96.3 Å². The van der Waals surface area contributed by atoms with Gasteiger partial charge in [0.2, 0.25) is 10.2 Å². The van der Waals surface area contributed by atoms with E-state index in [1.807, 2.05) is 0 Å². The molecule has 3 heterocycles. The maximum Gasteiger partial charge on any atom is 0.413 e. The Hall–Kier alpha value is -5.40. The number of aromatic nitrogens is 5. The zero-order chi connectivity index (χ0) is 35.0. The van der Waals surface area contributed by atoms with Crippen LogP contribution >= 0.6 is 11.3 Å². The molecule has 0 spiro atoms. The number of nitrogens with zero attached hydrogens (tertiary/aromatic N) is 6. The Morgan fingerprint density at radius 1 is 1.00 bits per heavy atom. The number of fused-ring (bicyclic) bond motifs is 2. The number of esters is 1. The van der Waals surface area contributed by atoms with Crippen LogP contribution in [0.4, 0.5) is 10.6 Å². The van der Waals surface area contributed by atoms with Crippen molar-refractivity contribution in [1.82, 2.24) is 34.1 Å². The highest BCUT2D eigenvalue weighted by molar-refractivity contribution is 7.91. The molecule has 0 fully saturated rings. The van der Waals surface area contributed by atoms with Gasteiger partial charge in [0.15, 0.2) is 28.5 Å².